The Morgan fingerprint density at radius 2 is 2.00 bits per heavy atom. The number of nitrogens with one attached hydrogen (secondary N) is 1. The Morgan fingerprint density at radius 3 is 2.68 bits per heavy atom. The van der Waals surface area contributed by atoms with Crippen LogP contribution in [-0.2, 0) is 11.2 Å². The van der Waals surface area contributed by atoms with Crippen molar-refractivity contribution in [3.8, 4) is 9.88 Å². The number of rotatable bonds is 4. The fourth-order valence-electron chi connectivity index (χ4n) is 1.93. The maximum Gasteiger partial charge on any atom is 0.230 e. The fraction of sp³-hybridized carbons (Fsp3) is 0.125. The summed E-state index contributed by atoms with van der Waals surface area (Å²) in [7, 11) is 0. The first-order chi connectivity index (χ1) is 10.6. The average molecular weight is 393 g/mol. The molecule has 0 spiro atoms. The number of carbonyl (C=O) groups is 1. The van der Waals surface area contributed by atoms with Crippen LogP contribution in [0.25, 0.3) is 9.88 Å². The second kappa shape index (κ2) is 6.73. The van der Waals surface area contributed by atoms with Crippen LogP contribution in [0.15, 0.2) is 45.6 Å². The molecule has 1 N–H and O–H groups in total. The summed E-state index contributed by atoms with van der Waals surface area (Å²) in [6, 6.07) is 9.81. The Bertz CT molecular complexity index is 793. The molecule has 3 rings (SSSR count). The summed E-state index contributed by atoms with van der Waals surface area (Å²) in [6.45, 7) is 2.02. The van der Waals surface area contributed by atoms with Gasteiger partial charge in [-0.25, -0.2) is 4.98 Å². The molecule has 0 radical (unpaired) electrons. The van der Waals surface area contributed by atoms with Crippen LogP contribution in [0.2, 0.25) is 0 Å². The summed E-state index contributed by atoms with van der Waals surface area (Å²) in [5.74, 6) is -0.0481. The van der Waals surface area contributed by atoms with Gasteiger partial charge in [-0.05, 0) is 41.1 Å². The molecule has 3 nitrogen and oxygen atoms in total. The van der Waals surface area contributed by atoms with Gasteiger partial charge in [0.25, 0.3) is 0 Å². The van der Waals surface area contributed by atoms with Gasteiger partial charge >= 0.3 is 0 Å². The molecule has 0 saturated heterocycles. The summed E-state index contributed by atoms with van der Waals surface area (Å²) < 4.78 is 1.06. The number of thiophene rings is 1. The van der Waals surface area contributed by atoms with Crippen LogP contribution in [0.5, 0.6) is 0 Å². The molecule has 0 atom stereocenters. The maximum absolute atomic E-state index is 12.1. The molecule has 0 aliphatic carbocycles. The molecule has 2 heterocycles. The first-order valence-corrected chi connectivity index (χ1v) is 9.21. The van der Waals surface area contributed by atoms with E-state index in [0.717, 1.165) is 25.7 Å². The van der Waals surface area contributed by atoms with E-state index in [1.165, 1.54) is 5.56 Å². The van der Waals surface area contributed by atoms with E-state index in [1.54, 1.807) is 22.7 Å². The van der Waals surface area contributed by atoms with Crippen LogP contribution < -0.4 is 5.32 Å². The number of benzene rings is 1. The maximum atomic E-state index is 12.1. The zero-order valence-corrected chi connectivity index (χ0v) is 15.0. The monoisotopic (exact) mass is 392 g/mol. The molecule has 22 heavy (non-hydrogen) atoms. The number of carbonyl (C=O) groups excluding carboxylic acids is 1. The van der Waals surface area contributed by atoms with Gasteiger partial charge in [0.1, 0.15) is 5.01 Å². The minimum absolute atomic E-state index is 0.0481. The number of thiazole rings is 1. The topological polar surface area (TPSA) is 42.0 Å². The Balaban J connectivity index is 1.64. The molecular weight excluding hydrogens is 380 g/mol. The van der Waals surface area contributed by atoms with E-state index in [2.05, 4.69) is 26.2 Å². The zero-order chi connectivity index (χ0) is 15.5. The van der Waals surface area contributed by atoms with Gasteiger partial charge in [-0.2, -0.15) is 0 Å². The highest BCUT2D eigenvalue weighted by atomic mass is 79.9. The van der Waals surface area contributed by atoms with Crippen molar-refractivity contribution in [3.05, 3.63) is 56.8 Å². The van der Waals surface area contributed by atoms with Crippen molar-refractivity contribution in [2.45, 2.75) is 13.3 Å². The van der Waals surface area contributed by atoms with Gasteiger partial charge in [0.05, 0.1) is 17.0 Å². The van der Waals surface area contributed by atoms with E-state index >= 15 is 0 Å². The summed E-state index contributed by atoms with van der Waals surface area (Å²) >= 11 is 6.65. The van der Waals surface area contributed by atoms with Crippen molar-refractivity contribution >= 4 is 50.2 Å². The number of amides is 1. The minimum Gasteiger partial charge on any atom is -0.326 e. The molecule has 0 bridgehead atoms. The number of anilines is 1. The minimum atomic E-state index is -0.0481. The first-order valence-electron chi connectivity index (χ1n) is 6.65. The zero-order valence-electron chi connectivity index (χ0n) is 11.8. The van der Waals surface area contributed by atoms with Crippen molar-refractivity contribution in [3.63, 3.8) is 0 Å². The molecule has 0 unspecified atom stereocenters. The van der Waals surface area contributed by atoms with Crippen LogP contribution in [0.3, 0.4) is 0 Å². The number of aromatic nitrogens is 1. The average Bonchev–Trinajstić information content (AvgIpc) is 3.10. The summed E-state index contributed by atoms with van der Waals surface area (Å²) in [4.78, 5) is 17.7. The Hall–Kier alpha value is -1.50. The van der Waals surface area contributed by atoms with Crippen molar-refractivity contribution in [1.29, 1.82) is 0 Å². The molecule has 0 aliphatic rings. The van der Waals surface area contributed by atoms with Crippen LogP contribution in [0.1, 0.15) is 11.3 Å². The van der Waals surface area contributed by atoms with Gasteiger partial charge in [0.15, 0.2) is 0 Å². The number of aryl methyl sites for hydroxylation is 1. The molecule has 2 aromatic heterocycles. The van der Waals surface area contributed by atoms with Crippen molar-refractivity contribution in [1.82, 2.24) is 4.98 Å². The van der Waals surface area contributed by atoms with Crippen LogP contribution >= 0.6 is 38.6 Å². The van der Waals surface area contributed by atoms with Crippen LogP contribution in [-0.4, -0.2) is 10.9 Å². The van der Waals surface area contributed by atoms with Crippen LogP contribution in [0.4, 0.5) is 5.69 Å². The lowest BCUT2D eigenvalue weighted by Crippen LogP contribution is -2.14. The predicted molar refractivity (Wildman–Crippen MR) is 96.6 cm³/mol. The van der Waals surface area contributed by atoms with Crippen molar-refractivity contribution in [2.24, 2.45) is 0 Å². The second-order valence-electron chi connectivity index (χ2n) is 4.86. The molecule has 1 aromatic carbocycles. The van der Waals surface area contributed by atoms with E-state index in [4.69, 9.17) is 0 Å². The molecule has 3 aromatic rings. The second-order valence-corrected chi connectivity index (χ2v) is 7.55. The summed E-state index contributed by atoms with van der Waals surface area (Å²) in [5.41, 5.74) is 2.78. The van der Waals surface area contributed by atoms with E-state index in [-0.39, 0.29) is 12.3 Å². The Kier molecular flexibility index (Phi) is 4.71. The molecule has 0 aliphatic heterocycles. The van der Waals surface area contributed by atoms with Crippen molar-refractivity contribution in [2.75, 3.05) is 5.32 Å². The van der Waals surface area contributed by atoms with Gasteiger partial charge < -0.3 is 5.32 Å². The quantitative estimate of drug-likeness (QED) is 0.668. The fourth-order valence-corrected chi connectivity index (χ4v) is 4.26. The van der Waals surface area contributed by atoms with Crippen molar-refractivity contribution < 1.29 is 4.79 Å². The lowest BCUT2D eigenvalue weighted by atomic mass is 10.2. The molecule has 0 fully saturated rings. The summed E-state index contributed by atoms with van der Waals surface area (Å²) in [5, 5.41) is 7.81. The lowest BCUT2D eigenvalue weighted by molar-refractivity contribution is -0.115. The van der Waals surface area contributed by atoms with E-state index in [0.29, 0.717) is 0 Å². The van der Waals surface area contributed by atoms with Gasteiger partial charge in [0.2, 0.25) is 5.91 Å². The molecule has 1 amide bonds. The van der Waals surface area contributed by atoms with Crippen LogP contribution in [0, 0.1) is 6.92 Å². The largest absolute Gasteiger partial charge is 0.326 e. The highest BCUT2D eigenvalue weighted by molar-refractivity contribution is 9.10. The Labute approximate surface area is 145 Å². The SMILES string of the molecule is Cc1ccc(NC(=O)Cc2csc(-c3cc(Br)cs3)n2)cc1. The molecule has 112 valence electrons. The molecule has 6 heteroatoms. The predicted octanol–water partition coefficient (Wildman–Crippen LogP) is 5.12. The first kappa shape index (κ1) is 15.4. The van der Waals surface area contributed by atoms with Gasteiger partial charge in [-0.15, -0.1) is 22.7 Å². The van der Waals surface area contributed by atoms with Gasteiger partial charge in [-0.3, -0.25) is 4.79 Å². The number of nitrogens with zero attached hydrogens (tertiary/aromatic N) is 1. The normalized spacial score (nSPS) is 10.6. The van der Waals surface area contributed by atoms with E-state index < -0.39 is 0 Å². The Morgan fingerprint density at radius 1 is 1.23 bits per heavy atom. The molecule has 0 saturated carbocycles. The highest BCUT2D eigenvalue weighted by Gasteiger charge is 2.10. The van der Waals surface area contributed by atoms with E-state index in [9.17, 15) is 4.79 Å². The third kappa shape index (κ3) is 3.82. The van der Waals surface area contributed by atoms with Gasteiger partial charge in [-0.1, -0.05) is 17.7 Å². The number of hydrogen-bond acceptors (Lipinski definition) is 4. The third-order valence-electron chi connectivity index (χ3n) is 3.01. The number of hydrogen-bond donors (Lipinski definition) is 1. The van der Waals surface area contributed by atoms with E-state index in [1.807, 2.05) is 48.0 Å². The third-order valence-corrected chi connectivity index (χ3v) is 5.76. The van der Waals surface area contributed by atoms with Gasteiger partial charge in [0, 0.05) is 20.9 Å². The number of halogens is 1. The smallest absolute Gasteiger partial charge is 0.230 e. The highest BCUT2D eigenvalue weighted by Crippen LogP contribution is 2.32. The summed E-state index contributed by atoms with van der Waals surface area (Å²) in [6.07, 6.45) is 0.289. The molecular formula is C16H13BrN2OS2. The lowest BCUT2D eigenvalue weighted by Gasteiger charge is -2.04. The standard InChI is InChI=1S/C16H13BrN2OS2/c1-10-2-4-12(5-3-10)18-15(20)7-13-9-22-16(19-13)14-6-11(17)8-21-14/h2-6,8-9H,7H2,1H3,(H,18,20).